The Balaban J connectivity index is 1.66. The number of hydrazine groups is 1. The van der Waals surface area contributed by atoms with Crippen LogP contribution in [-0.4, -0.2) is 61.7 Å². The first-order valence-electron chi connectivity index (χ1n) is 11.6. The second kappa shape index (κ2) is 10.7. The summed E-state index contributed by atoms with van der Waals surface area (Å²) in [6, 6.07) is 1.91. The minimum absolute atomic E-state index is 0.0172. The van der Waals surface area contributed by atoms with Crippen LogP contribution in [0.15, 0.2) is 18.5 Å². The Morgan fingerprint density at radius 2 is 1.97 bits per heavy atom. The highest BCUT2D eigenvalue weighted by Crippen LogP contribution is 2.28. The Hall–Kier alpha value is -2.31. The first kappa shape index (κ1) is 25.3. The predicted molar refractivity (Wildman–Crippen MR) is 130 cm³/mol. The number of nitrogens with zero attached hydrogens (tertiary/aromatic N) is 2. The number of pyridine rings is 1. The third-order valence-electron chi connectivity index (χ3n) is 5.32. The van der Waals surface area contributed by atoms with Crippen molar-refractivity contribution in [3.63, 3.8) is 0 Å². The molecule has 0 saturated carbocycles. The van der Waals surface area contributed by atoms with Gasteiger partial charge in [-0.3, -0.25) is 10.7 Å². The van der Waals surface area contributed by atoms with E-state index in [9.17, 15) is 0 Å². The van der Waals surface area contributed by atoms with Crippen molar-refractivity contribution >= 4 is 5.70 Å². The van der Waals surface area contributed by atoms with E-state index in [4.69, 9.17) is 20.1 Å². The first-order chi connectivity index (χ1) is 15.6. The molecule has 0 spiro atoms. The monoisotopic (exact) mass is 457 g/mol. The molecule has 8 nitrogen and oxygen atoms in total. The van der Waals surface area contributed by atoms with Gasteiger partial charge in [0.15, 0.2) is 6.29 Å². The van der Waals surface area contributed by atoms with E-state index in [0.29, 0.717) is 42.3 Å². The molecular formula is C25H39N5O3. The van der Waals surface area contributed by atoms with Crippen LogP contribution in [0, 0.1) is 22.7 Å². The van der Waals surface area contributed by atoms with Crippen LogP contribution in [0.2, 0.25) is 0 Å². The van der Waals surface area contributed by atoms with E-state index in [-0.39, 0.29) is 17.8 Å². The Labute approximate surface area is 198 Å². The normalized spacial score (nSPS) is 20.5. The van der Waals surface area contributed by atoms with Crippen molar-refractivity contribution in [2.75, 3.05) is 39.4 Å². The molecule has 3 heterocycles. The molecule has 182 valence electrons. The van der Waals surface area contributed by atoms with Crippen molar-refractivity contribution in [1.82, 2.24) is 20.6 Å². The molecule has 8 heteroatoms. The summed E-state index contributed by atoms with van der Waals surface area (Å²) in [6.07, 6.45) is 3.19. The molecule has 1 aromatic heterocycles. The van der Waals surface area contributed by atoms with Crippen LogP contribution in [0.4, 0.5) is 0 Å². The molecule has 2 aliphatic rings. The van der Waals surface area contributed by atoms with Crippen molar-refractivity contribution in [3.05, 3.63) is 29.7 Å². The third kappa shape index (κ3) is 7.61. The van der Waals surface area contributed by atoms with Crippen LogP contribution >= 0.6 is 0 Å². The summed E-state index contributed by atoms with van der Waals surface area (Å²) in [7, 11) is 0. The molecule has 2 aliphatic heterocycles. The largest absolute Gasteiger partial charge is 0.489 e. The van der Waals surface area contributed by atoms with E-state index in [1.807, 2.05) is 19.9 Å². The molecule has 0 bridgehead atoms. The summed E-state index contributed by atoms with van der Waals surface area (Å²) in [5.41, 5.74) is 5.18. The maximum atomic E-state index is 6.02. The maximum Gasteiger partial charge on any atom is 0.174 e. The Kier molecular flexibility index (Phi) is 8.24. The number of aromatic nitrogens is 1. The lowest BCUT2D eigenvalue weighted by atomic mass is 9.84. The summed E-state index contributed by atoms with van der Waals surface area (Å²) in [5.74, 6) is 12.9. The van der Waals surface area contributed by atoms with Crippen LogP contribution in [0.5, 0.6) is 5.75 Å². The SMILES string of the molecule is CC(C)Oc1cc(C#CCN2CC(C)(C)C2)cnc1/C(=C/NCC1OCC(C)(C)CO1)NN. The summed E-state index contributed by atoms with van der Waals surface area (Å²) in [6.45, 7) is 17.5. The average molecular weight is 458 g/mol. The smallest absolute Gasteiger partial charge is 0.174 e. The molecule has 3 rings (SSSR count). The zero-order valence-electron chi connectivity index (χ0n) is 20.8. The lowest BCUT2D eigenvalue weighted by molar-refractivity contribution is -0.217. The van der Waals surface area contributed by atoms with Gasteiger partial charge in [-0.1, -0.05) is 39.5 Å². The van der Waals surface area contributed by atoms with Crippen LogP contribution in [0.1, 0.15) is 52.8 Å². The highest BCUT2D eigenvalue weighted by Gasteiger charge is 2.33. The van der Waals surface area contributed by atoms with Crippen LogP contribution in [-0.2, 0) is 9.47 Å². The Morgan fingerprint density at radius 3 is 2.58 bits per heavy atom. The molecular weight excluding hydrogens is 418 g/mol. The van der Waals surface area contributed by atoms with Gasteiger partial charge in [-0.05, 0) is 25.3 Å². The quantitative estimate of drug-likeness (QED) is 0.311. The third-order valence-corrected chi connectivity index (χ3v) is 5.32. The van der Waals surface area contributed by atoms with Gasteiger partial charge in [-0.15, -0.1) is 0 Å². The number of nitrogens with one attached hydrogen (secondary N) is 2. The molecule has 2 saturated heterocycles. The maximum absolute atomic E-state index is 6.02. The Morgan fingerprint density at radius 1 is 1.27 bits per heavy atom. The van der Waals surface area contributed by atoms with Crippen molar-refractivity contribution in [1.29, 1.82) is 0 Å². The van der Waals surface area contributed by atoms with Gasteiger partial charge in [0.25, 0.3) is 0 Å². The molecule has 0 amide bonds. The topological polar surface area (TPSA) is 93.9 Å². The molecule has 0 unspecified atom stereocenters. The Bertz CT molecular complexity index is 883. The number of rotatable bonds is 8. The number of ether oxygens (including phenoxy) is 3. The lowest BCUT2D eigenvalue weighted by Gasteiger charge is -2.44. The van der Waals surface area contributed by atoms with E-state index in [0.717, 1.165) is 25.2 Å². The number of hydrogen-bond donors (Lipinski definition) is 3. The minimum Gasteiger partial charge on any atom is -0.489 e. The van der Waals surface area contributed by atoms with Crippen molar-refractivity contribution in [2.45, 2.75) is 53.9 Å². The van der Waals surface area contributed by atoms with E-state index in [2.05, 4.69) is 60.2 Å². The molecule has 4 N–H and O–H groups in total. The molecule has 0 atom stereocenters. The van der Waals surface area contributed by atoms with E-state index < -0.39 is 0 Å². The van der Waals surface area contributed by atoms with Crippen molar-refractivity contribution < 1.29 is 14.2 Å². The fourth-order valence-electron chi connectivity index (χ4n) is 3.87. The highest BCUT2D eigenvalue weighted by molar-refractivity contribution is 5.66. The lowest BCUT2D eigenvalue weighted by Crippen LogP contribution is -2.52. The summed E-state index contributed by atoms with van der Waals surface area (Å²) in [4.78, 5) is 6.93. The van der Waals surface area contributed by atoms with Crippen molar-refractivity contribution in [2.24, 2.45) is 16.7 Å². The molecule has 1 aromatic rings. The summed E-state index contributed by atoms with van der Waals surface area (Å²) >= 11 is 0. The summed E-state index contributed by atoms with van der Waals surface area (Å²) < 4.78 is 17.5. The van der Waals surface area contributed by atoms with Crippen LogP contribution in [0.25, 0.3) is 5.70 Å². The van der Waals surface area contributed by atoms with E-state index in [1.165, 1.54) is 0 Å². The van der Waals surface area contributed by atoms with Crippen LogP contribution < -0.4 is 21.3 Å². The van der Waals surface area contributed by atoms with Gasteiger partial charge >= 0.3 is 0 Å². The number of likely N-dealkylation sites (tertiary alicyclic amines) is 1. The van der Waals surface area contributed by atoms with E-state index >= 15 is 0 Å². The molecule has 2 fully saturated rings. The zero-order chi connectivity index (χ0) is 24.1. The fourth-order valence-corrected chi connectivity index (χ4v) is 3.87. The van der Waals surface area contributed by atoms with Gasteiger partial charge in [-0.2, -0.15) is 0 Å². The highest BCUT2D eigenvalue weighted by atomic mass is 16.7. The van der Waals surface area contributed by atoms with Gasteiger partial charge in [0.1, 0.15) is 11.4 Å². The van der Waals surface area contributed by atoms with Gasteiger partial charge in [0.2, 0.25) is 0 Å². The van der Waals surface area contributed by atoms with Gasteiger partial charge in [0, 0.05) is 36.5 Å². The average Bonchev–Trinajstić information content (AvgIpc) is 2.71. The molecule has 0 aromatic carbocycles. The number of nitrogens with two attached hydrogens (primary N) is 1. The number of hydrogen-bond acceptors (Lipinski definition) is 8. The molecule has 0 aliphatic carbocycles. The first-order valence-corrected chi connectivity index (χ1v) is 11.6. The van der Waals surface area contributed by atoms with Gasteiger partial charge in [-0.25, -0.2) is 4.98 Å². The van der Waals surface area contributed by atoms with Gasteiger partial charge in [0.05, 0.1) is 38.1 Å². The standard InChI is InChI=1S/C25H39N5O3/c1-18(2)33-21-10-19(8-7-9-30-14-24(3,4)15-30)11-28-23(21)20(29-26)12-27-13-22-31-16-25(5,6)17-32-22/h10-12,18,22,27,29H,9,13-17,26H2,1-6H3/b20-12-. The predicted octanol–water partition coefficient (Wildman–Crippen LogP) is 2.31. The summed E-state index contributed by atoms with van der Waals surface area (Å²) in [5, 5.41) is 3.21. The molecule has 33 heavy (non-hydrogen) atoms. The zero-order valence-corrected chi connectivity index (χ0v) is 20.8. The minimum atomic E-state index is -0.303. The second-order valence-electron chi connectivity index (χ2n) is 10.7. The fraction of sp³-hybridized carbons (Fsp3) is 0.640. The second-order valence-corrected chi connectivity index (χ2v) is 10.7. The van der Waals surface area contributed by atoms with Crippen molar-refractivity contribution in [3.8, 4) is 17.6 Å². The van der Waals surface area contributed by atoms with E-state index in [1.54, 1.807) is 12.4 Å². The van der Waals surface area contributed by atoms with Crippen LogP contribution in [0.3, 0.4) is 0 Å². The molecule has 0 radical (unpaired) electrons. The van der Waals surface area contributed by atoms with Gasteiger partial charge < -0.3 is 25.0 Å².